The molecule has 1 aromatic rings. The number of aromatic carboxylic acids is 1. The van der Waals surface area contributed by atoms with Gasteiger partial charge in [-0.25, -0.2) is 9.59 Å². The molecule has 0 saturated carbocycles. The van der Waals surface area contributed by atoms with E-state index in [1.54, 1.807) is 13.8 Å². The molecular formula is C14H15NaO6. The van der Waals surface area contributed by atoms with E-state index < -0.39 is 17.9 Å². The standard InChI is InChI=1S/C14H16O6.Na/c1-5-20-14(18)10-7(2)6-9(12(15)16)11(8(10)3)13(17)19-4;/h6H,5H2,1-4H3,(H,15,16);/q;+1/p-1. The van der Waals surface area contributed by atoms with Gasteiger partial charge in [0, 0.05) is 5.56 Å². The van der Waals surface area contributed by atoms with Gasteiger partial charge in [0.15, 0.2) is 0 Å². The second kappa shape index (κ2) is 8.17. The molecule has 1 rings (SSSR count). The predicted octanol–water partition coefficient (Wildman–Crippen LogP) is -2.37. The summed E-state index contributed by atoms with van der Waals surface area (Å²) in [6.07, 6.45) is 0. The first-order valence-corrected chi connectivity index (χ1v) is 5.96. The molecule has 0 heterocycles. The number of esters is 2. The van der Waals surface area contributed by atoms with Crippen LogP contribution in [0.3, 0.4) is 0 Å². The van der Waals surface area contributed by atoms with Gasteiger partial charge in [-0.05, 0) is 38.0 Å². The summed E-state index contributed by atoms with van der Waals surface area (Å²) in [6, 6.07) is 1.21. The molecule has 0 spiro atoms. The first-order chi connectivity index (χ1) is 9.34. The Hall–Kier alpha value is -1.37. The van der Waals surface area contributed by atoms with Crippen molar-refractivity contribution in [2.75, 3.05) is 13.7 Å². The molecule has 108 valence electrons. The SMILES string of the molecule is CCOC(=O)c1c(C)cc(C(=O)[O-])c(C(=O)OC)c1C.[Na+]. The van der Waals surface area contributed by atoms with Crippen LogP contribution in [0, 0.1) is 13.8 Å². The molecular weight excluding hydrogens is 287 g/mol. The average Bonchev–Trinajstić information content (AvgIpc) is 2.37. The molecule has 0 atom stereocenters. The first-order valence-electron chi connectivity index (χ1n) is 5.96. The maximum atomic E-state index is 11.9. The number of carboxylic acid groups (broad SMARTS) is 1. The number of carboxylic acids is 1. The Morgan fingerprint density at radius 2 is 1.71 bits per heavy atom. The number of methoxy groups -OCH3 is 1. The largest absolute Gasteiger partial charge is 1.00 e. The number of hydrogen-bond donors (Lipinski definition) is 0. The zero-order chi connectivity index (χ0) is 15.4. The molecule has 0 aliphatic rings. The Morgan fingerprint density at radius 1 is 1.14 bits per heavy atom. The Kier molecular flexibility index (Phi) is 7.63. The zero-order valence-corrected chi connectivity index (χ0v) is 14.7. The number of hydrogen-bond acceptors (Lipinski definition) is 6. The van der Waals surface area contributed by atoms with Crippen molar-refractivity contribution >= 4 is 17.9 Å². The predicted molar refractivity (Wildman–Crippen MR) is 67.5 cm³/mol. The molecule has 0 amide bonds. The van der Waals surface area contributed by atoms with Crippen molar-refractivity contribution in [2.45, 2.75) is 20.8 Å². The zero-order valence-electron chi connectivity index (χ0n) is 12.7. The number of aryl methyl sites for hydroxylation is 1. The van der Waals surface area contributed by atoms with E-state index in [4.69, 9.17) is 4.74 Å². The van der Waals surface area contributed by atoms with Crippen molar-refractivity contribution in [1.29, 1.82) is 0 Å². The Bertz CT molecular complexity index is 579. The first kappa shape index (κ1) is 19.6. The van der Waals surface area contributed by atoms with Crippen LogP contribution >= 0.6 is 0 Å². The van der Waals surface area contributed by atoms with Crippen molar-refractivity contribution in [3.8, 4) is 0 Å². The van der Waals surface area contributed by atoms with Crippen LogP contribution in [-0.4, -0.2) is 31.6 Å². The van der Waals surface area contributed by atoms with Crippen LogP contribution in [0.4, 0.5) is 0 Å². The van der Waals surface area contributed by atoms with Crippen LogP contribution in [0.25, 0.3) is 0 Å². The Labute approximate surface area is 144 Å². The molecule has 0 N–H and O–H groups in total. The van der Waals surface area contributed by atoms with E-state index in [0.717, 1.165) is 7.11 Å². The molecule has 1 aromatic carbocycles. The molecule has 0 fully saturated rings. The van der Waals surface area contributed by atoms with Gasteiger partial charge in [-0.1, -0.05) is 0 Å². The van der Waals surface area contributed by atoms with Crippen LogP contribution < -0.4 is 34.7 Å². The van der Waals surface area contributed by atoms with E-state index in [9.17, 15) is 19.5 Å². The van der Waals surface area contributed by atoms with Crippen LogP contribution in [0.1, 0.15) is 49.1 Å². The van der Waals surface area contributed by atoms with Crippen LogP contribution in [-0.2, 0) is 9.47 Å². The molecule has 21 heavy (non-hydrogen) atoms. The second-order valence-corrected chi connectivity index (χ2v) is 4.12. The fraction of sp³-hybridized carbons (Fsp3) is 0.357. The summed E-state index contributed by atoms with van der Waals surface area (Å²) in [6.45, 7) is 4.86. The molecule has 0 aliphatic carbocycles. The van der Waals surface area contributed by atoms with Crippen LogP contribution in [0.5, 0.6) is 0 Å². The fourth-order valence-corrected chi connectivity index (χ4v) is 2.03. The van der Waals surface area contributed by atoms with Crippen LogP contribution in [0.15, 0.2) is 6.07 Å². The number of ether oxygens (including phenoxy) is 2. The fourth-order valence-electron chi connectivity index (χ4n) is 2.03. The molecule has 7 heteroatoms. The van der Waals surface area contributed by atoms with Gasteiger partial charge in [0.2, 0.25) is 0 Å². The summed E-state index contributed by atoms with van der Waals surface area (Å²) >= 11 is 0. The molecule has 0 unspecified atom stereocenters. The van der Waals surface area contributed by atoms with Crippen molar-refractivity contribution in [1.82, 2.24) is 0 Å². The molecule has 0 bridgehead atoms. The van der Waals surface area contributed by atoms with Crippen molar-refractivity contribution < 1.29 is 58.5 Å². The smallest absolute Gasteiger partial charge is 0.545 e. The van der Waals surface area contributed by atoms with Gasteiger partial charge in [0.25, 0.3) is 0 Å². The maximum Gasteiger partial charge on any atom is 1.00 e. The van der Waals surface area contributed by atoms with Gasteiger partial charge < -0.3 is 19.4 Å². The average molecular weight is 302 g/mol. The summed E-state index contributed by atoms with van der Waals surface area (Å²) in [5.41, 5.74) is 0.264. The minimum Gasteiger partial charge on any atom is -0.545 e. The van der Waals surface area contributed by atoms with Crippen molar-refractivity contribution in [3.63, 3.8) is 0 Å². The summed E-state index contributed by atoms with van der Waals surface area (Å²) in [7, 11) is 1.13. The minimum absolute atomic E-state index is 0. The van der Waals surface area contributed by atoms with Gasteiger partial charge in [-0.3, -0.25) is 0 Å². The van der Waals surface area contributed by atoms with E-state index in [2.05, 4.69) is 4.74 Å². The molecule has 6 nitrogen and oxygen atoms in total. The van der Waals surface area contributed by atoms with Gasteiger partial charge >= 0.3 is 41.5 Å². The van der Waals surface area contributed by atoms with Gasteiger partial charge in [0.1, 0.15) is 0 Å². The number of carbonyl (C=O) groups excluding carboxylic acids is 3. The molecule has 0 aliphatic heterocycles. The quantitative estimate of drug-likeness (QED) is 0.456. The van der Waals surface area contributed by atoms with E-state index in [1.165, 1.54) is 13.0 Å². The topological polar surface area (TPSA) is 92.7 Å². The van der Waals surface area contributed by atoms with Crippen LogP contribution in [0.2, 0.25) is 0 Å². The number of rotatable bonds is 4. The van der Waals surface area contributed by atoms with Gasteiger partial charge in [-0.2, -0.15) is 0 Å². The third-order valence-electron chi connectivity index (χ3n) is 2.86. The summed E-state index contributed by atoms with van der Waals surface area (Å²) in [5.74, 6) is -2.96. The second-order valence-electron chi connectivity index (χ2n) is 4.12. The molecule has 0 radical (unpaired) electrons. The molecule has 0 saturated heterocycles. The Morgan fingerprint density at radius 3 is 2.14 bits per heavy atom. The monoisotopic (exact) mass is 302 g/mol. The third kappa shape index (κ3) is 4.06. The van der Waals surface area contributed by atoms with Gasteiger partial charge in [0.05, 0.1) is 30.8 Å². The summed E-state index contributed by atoms with van der Waals surface area (Å²) in [4.78, 5) is 34.7. The Balaban J connectivity index is 0.00000400. The van der Waals surface area contributed by atoms with E-state index in [0.29, 0.717) is 5.56 Å². The van der Waals surface area contributed by atoms with E-state index in [-0.39, 0.29) is 58.4 Å². The minimum atomic E-state index is -1.51. The number of carbonyl (C=O) groups is 3. The maximum absolute atomic E-state index is 11.9. The van der Waals surface area contributed by atoms with Crippen molar-refractivity contribution in [3.05, 3.63) is 33.9 Å². The van der Waals surface area contributed by atoms with E-state index in [1.807, 2.05) is 0 Å². The summed E-state index contributed by atoms with van der Waals surface area (Å²) in [5, 5.41) is 11.1. The normalized spacial score (nSPS) is 9.52. The van der Waals surface area contributed by atoms with E-state index >= 15 is 0 Å². The number of benzene rings is 1. The van der Waals surface area contributed by atoms with Crippen molar-refractivity contribution in [2.24, 2.45) is 0 Å². The molecule has 0 aromatic heterocycles. The third-order valence-corrected chi connectivity index (χ3v) is 2.86. The van der Waals surface area contributed by atoms with Gasteiger partial charge in [-0.15, -0.1) is 0 Å². The summed E-state index contributed by atoms with van der Waals surface area (Å²) < 4.78 is 9.46.